The molecule has 6 aromatic rings. The molecule has 2 saturated heterocycles. The van der Waals surface area contributed by atoms with Gasteiger partial charge >= 0.3 is 0 Å². The van der Waals surface area contributed by atoms with E-state index < -0.39 is 23.6 Å². The summed E-state index contributed by atoms with van der Waals surface area (Å²) in [5.74, 6) is 0.0355. The van der Waals surface area contributed by atoms with Crippen LogP contribution >= 0.6 is 11.3 Å². The minimum Gasteiger partial charge on any atom is -0.391 e. The fraction of sp³-hybridized carbons (Fsp3) is 0.472. The summed E-state index contributed by atoms with van der Waals surface area (Å²) in [6, 6.07) is 17.4. The first-order valence-corrected chi connectivity index (χ1v) is 25.7. The summed E-state index contributed by atoms with van der Waals surface area (Å²) in [4.78, 5) is 83.9. The number of aromatic nitrogens is 5. The number of anilines is 1. The predicted octanol–water partition coefficient (Wildman–Crippen LogP) is 6.61. The number of carbonyl (C=O) groups is 5. The van der Waals surface area contributed by atoms with Gasteiger partial charge in [-0.25, -0.2) is 9.97 Å². The first kappa shape index (κ1) is 50.9. The van der Waals surface area contributed by atoms with Crippen molar-refractivity contribution in [2.45, 2.75) is 117 Å². The van der Waals surface area contributed by atoms with Crippen LogP contribution in [0.2, 0.25) is 0 Å². The highest BCUT2D eigenvalue weighted by Crippen LogP contribution is 2.29. The molecule has 0 bridgehead atoms. The lowest BCUT2D eigenvalue weighted by atomic mass is 9.85. The lowest BCUT2D eigenvalue weighted by molar-refractivity contribution is -0.144. The monoisotopic (exact) mass is 985 g/mol. The zero-order chi connectivity index (χ0) is 50.2. The summed E-state index contributed by atoms with van der Waals surface area (Å²) in [5.41, 5.74) is 7.97. The van der Waals surface area contributed by atoms with E-state index in [9.17, 15) is 29.1 Å². The van der Waals surface area contributed by atoms with Gasteiger partial charge in [0, 0.05) is 69.1 Å². The van der Waals surface area contributed by atoms with Crippen molar-refractivity contribution in [3.8, 4) is 10.4 Å². The van der Waals surface area contributed by atoms with Crippen molar-refractivity contribution in [3.63, 3.8) is 0 Å². The number of aliphatic hydroxyl groups is 1. The van der Waals surface area contributed by atoms with Crippen molar-refractivity contribution in [1.82, 2.24) is 50.5 Å². The number of aromatic amines is 1. The zero-order valence-corrected chi connectivity index (χ0v) is 42.2. The molecule has 5 amide bonds. The molecule has 71 heavy (non-hydrogen) atoms. The number of rotatable bonds is 20. The molecule has 2 aliphatic rings. The number of nitrogens with zero attached hydrogens (tertiary/aromatic N) is 6. The van der Waals surface area contributed by atoms with Crippen LogP contribution in [0.5, 0.6) is 0 Å². The Morgan fingerprint density at radius 2 is 1.72 bits per heavy atom. The summed E-state index contributed by atoms with van der Waals surface area (Å²) in [6.45, 7) is 10.9. The number of imidazole rings is 1. The average molecular weight is 986 g/mol. The van der Waals surface area contributed by atoms with Gasteiger partial charge in [-0.3, -0.25) is 33.6 Å². The number of β-amino-alcohol motifs (C(OH)–C–C–N with tert-alkyl or cyclic N) is 1. The standard InChI is InChI=1S/C53H67N11O6S/c1-33-48(71-32-56-33)36-14-12-34(13-15-36)27-55-51(69)44-26-40(65)30-64(44)52(70)49(53(2,3)4)61-46(66)11-9-7-6-8-10-21-54-47(67)23-35-20-22-63(29-35)31-45-59-41-18-17-39(25-42(41)60-45)58-50(68)37-16-19-43-38(24-37)28-57-62(43)5/h12-19,24-25,28,32,35,40,44,49,65H,6-11,20-23,26-27,29-31H2,1-5H3,(H,54,67)(H,55,69)(H,58,68)(H,59,60)(H,61,66)/t35?,40-,44+,49-/m1/s1. The molecule has 0 spiro atoms. The van der Waals surface area contributed by atoms with Crippen molar-refractivity contribution in [1.29, 1.82) is 0 Å². The lowest BCUT2D eigenvalue weighted by Gasteiger charge is -2.35. The average Bonchev–Trinajstić information content (AvgIpc) is 4.20. The van der Waals surface area contributed by atoms with Gasteiger partial charge in [0.05, 0.1) is 51.5 Å². The number of nitrogens with one attached hydrogen (secondary N) is 5. The summed E-state index contributed by atoms with van der Waals surface area (Å²) >= 11 is 1.58. The summed E-state index contributed by atoms with van der Waals surface area (Å²) in [5, 5.41) is 27.7. The Hall–Kier alpha value is -6.50. The van der Waals surface area contributed by atoms with Gasteiger partial charge in [0.2, 0.25) is 23.6 Å². The fourth-order valence-corrected chi connectivity index (χ4v) is 10.5. The third kappa shape index (κ3) is 13.1. The first-order valence-electron chi connectivity index (χ1n) is 24.8. The number of hydrogen-bond donors (Lipinski definition) is 6. The van der Waals surface area contributed by atoms with Gasteiger partial charge < -0.3 is 36.3 Å². The number of unbranched alkanes of at least 4 members (excludes halogenated alkanes) is 4. The third-order valence-electron chi connectivity index (χ3n) is 13.6. The molecule has 3 aromatic heterocycles. The van der Waals surface area contributed by atoms with Gasteiger partial charge in [-0.2, -0.15) is 5.10 Å². The maximum atomic E-state index is 14.0. The Morgan fingerprint density at radius 1 is 0.930 bits per heavy atom. The van der Waals surface area contributed by atoms with E-state index in [0.717, 1.165) is 94.7 Å². The highest BCUT2D eigenvalue weighted by Gasteiger charge is 2.44. The number of H-pyrrole nitrogens is 1. The highest BCUT2D eigenvalue weighted by molar-refractivity contribution is 7.13. The van der Waals surface area contributed by atoms with E-state index in [1.165, 1.54) is 4.90 Å². The maximum Gasteiger partial charge on any atom is 0.255 e. The van der Waals surface area contributed by atoms with Crippen molar-refractivity contribution in [3.05, 3.63) is 95.0 Å². The van der Waals surface area contributed by atoms with Crippen molar-refractivity contribution in [2.24, 2.45) is 18.4 Å². The van der Waals surface area contributed by atoms with Crippen molar-refractivity contribution >= 4 is 68.5 Å². The van der Waals surface area contributed by atoms with Crippen LogP contribution in [0.3, 0.4) is 0 Å². The van der Waals surface area contributed by atoms with E-state index in [4.69, 9.17) is 4.98 Å². The van der Waals surface area contributed by atoms with E-state index in [-0.39, 0.29) is 61.4 Å². The molecule has 5 heterocycles. The Bertz CT molecular complexity index is 2850. The molecule has 18 heteroatoms. The van der Waals surface area contributed by atoms with Crippen LogP contribution < -0.4 is 21.3 Å². The van der Waals surface area contributed by atoms with Crippen LogP contribution in [0.1, 0.15) is 106 Å². The fourth-order valence-electron chi connectivity index (χ4n) is 9.67. The Labute approximate surface area is 418 Å². The molecule has 8 rings (SSSR count). The van der Waals surface area contributed by atoms with Gasteiger partial charge in [-0.15, -0.1) is 11.3 Å². The summed E-state index contributed by atoms with van der Waals surface area (Å²) in [7, 11) is 1.87. The minimum atomic E-state index is -0.871. The molecule has 2 aliphatic heterocycles. The molecule has 3 aromatic carbocycles. The van der Waals surface area contributed by atoms with E-state index in [1.807, 2.05) is 94.9 Å². The largest absolute Gasteiger partial charge is 0.391 e. The van der Waals surface area contributed by atoms with Crippen LogP contribution in [-0.4, -0.2) is 114 Å². The van der Waals surface area contributed by atoms with Gasteiger partial charge in [0.15, 0.2) is 0 Å². The number of aliphatic hydroxyl groups excluding tert-OH is 1. The minimum absolute atomic E-state index is 0.0206. The number of hydrogen-bond acceptors (Lipinski definition) is 11. The SMILES string of the molecule is Cc1ncsc1-c1ccc(CNC(=O)[C@@H]2C[C@@H](O)CN2C(=O)[C@@H](NC(=O)CCCCCCCNC(=O)CC2CCN(Cc3nc4cc(NC(=O)c5ccc6c(cnn6C)c5)ccc4[nH]3)C2)C(C)(C)C)cc1. The van der Waals surface area contributed by atoms with Gasteiger partial charge in [-0.1, -0.05) is 64.3 Å². The summed E-state index contributed by atoms with van der Waals surface area (Å²) < 4.78 is 1.77. The van der Waals surface area contributed by atoms with Crippen molar-refractivity contribution in [2.75, 3.05) is 31.5 Å². The molecule has 17 nitrogen and oxygen atoms in total. The van der Waals surface area contributed by atoms with Crippen LogP contribution in [0, 0.1) is 18.3 Å². The molecule has 0 aliphatic carbocycles. The number of amides is 5. The Morgan fingerprint density at radius 3 is 2.49 bits per heavy atom. The zero-order valence-electron chi connectivity index (χ0n) is 41.4. The number of carbonyl (C=O) groups excluding carboxylic acids is 5. The van der Waals surface area contributed by atoms with E-state index in [0.29, 0.717) is 37.2 Å². The Kier molecular flexibility index (Phi) is 16.3. The van der Waals surface area contributed by atoms with Gasteiger partial charge in [0.25, 0.3) is 5.91 Å². The van der Waals surface area contributed by atoms with Gasteiger partial charge in [-0.05, 0) is 91.6 Å². The highest BCUT2D eigenvalue weighted by atomic mass is 32.1. The molecule has 6 N–H and O–H groups in total. The predicted molar refractivity (Wildman–Crippen MR) is 275 cm³/mol. The summed E-state index contributed by atoms with van der Waals surface area (Å²) in [6.07, 6.45) is 6.92. The number of fused-ring (bicyclic) bond motifs is 2. The lowest BCUT2D eigenvalue weighted by Crippen LogP contribution is -2.57. The maximum absolute atomic E-state index is 14.0. The molecule has 0 saturated carbocycles. The second-order valence-corrected chi connectivity index (χ2v) is 21.2. The number of aryl methyl sites for hydroxylation is 2. The molecule has 4 atom stereocenters. The van der Waals surface area contributed by atoms with Crippen molar-refractivity contribution < 1.29 is 29.1 Å². The van der Waals surface area contributed by atoms with Crippen LogP contribution in [0.4, 0.5) is 5.69 Å². The third-order valence-corrected chi connectivity index (χ3v) is 14.6. The molecular weight excluding hydrogens is 919 g/mol. The Balaban J connectivity index is 0.692. The first-order chi connectivity index (χ1) is 34.1. The van der Waals surface area contributed by atoms with E-state index >= 15 is 0 Å². The smallest absolute Gasteiger partial charge is 0.255 e. The topological polar surface area (TPSA) is 220 Å². The molecule has 376 valence electrons. The molecule has 1 unspecified atom stereocenters. The normalized spacial score (nSPS) is 17.7. The van der Waals surface area contributed by atoms with Crippen LogP contribution in [-0.2, 0) is 39.3 Å². The van der Waals surface area contributed by atoms with E-state index in [1.54, 1.807) is 28.3 Å². The molecule has 0 radical (unpaired) electrons. The second-order valence-electron chi connectivity index (χ2n) is 20.3. The van der Waals surface area contributed by atoms with Gasteiger partial charge in [0.1, 0.15) is 17.9 Å². The van der Waals surface area contributed by atoms with E-state index in [2.05, 4.69) is 41.2 Å². The number of thiazole rings is 1. The quantitative estimate of drug-likeness (QED) is 0.0450. The molecule has 2 fully saturated rings. The number of likely N-dealkylation sites (tertiary alicyclic amines) is 2. The number of benzene rings is 3. The second kappa shape index (κ2) is 22.7. The van der Waals surface area contributed by atoms with Crippen LogP contribution in [0.25, 0.3) is 32.4 Å². The molecular formula is C53H67N11O6S. The van der Waals surface area contributed by atoms with Crippen LogP contribution in [0.15, 0.2) is 72.4 Å².